The molecule has 1 unspecified atom stereocenters. The molecule has 1 atom stereocenters. The van der Waals surface area contributed by atoms with Gasteiger partial charge in [-0.3, -0.25) is 0 Å². The van der Waals surface area contributed by atoms with E-state index in [0.29, 0.717) is 13.2 Å². The molecule has 2 aromatic rings. The van der Waals surface area contributed by atoms with Gasteiger partial charge < -0.3 is 9.47 Å². The smallest absolute Gasteiger partial charge is 0.0818 e. The summed E-state index contributed by atoms with van der Waals surface area (Å²) >= 11 is 0. The van der Waals surface area contributed by atoms with Gasteiger partial charge in [-0.05, 0) is 42.2 Å². The van der Waals surface area contributed by atoms with Crippen molar-refractivity contribution < 1.29 is 9.47 Å². The summed E-state index contributed by atoms with van der Waals surface area (Å²) in [5, 5.41) is 0. The Morgan fingerprint density at radius 2 is 1.12 bits per heavy atom. The number of aryl methyl sites for hydroxylation is 1. The van der Waals surface area contributed by atoms with Gasteiger partial charge in [0.15, 0.2) is 0 Å². The van der Waals surface area contributed by atoms with E-state index in [1.807, 2.05) is 6.07 Å². The minimum absolute atomic E-state index is 0.160. The molecule has 34 heavy (non-hydrogen) atoms. The average Bonchev–Trinajstić information content (AvgIpc) is 2.83. The number of hydrogen-bond donors (Lipinski definition) is 0. The van der Waals surface area contributed by atoms with E-state index in [4.69, 9.17) is 9.47 Å². The van der Waals surface area contributed by atoms with Crippen LogP contribution in [-0.4, -0.2) is 19.3 Å². The van der Waals surface area contributed by atoms with E-state index >= 15 is 0 Å². The Labute approximate surface area is 210 Å². The Morgan fingerprint density at radius 1 is 0.618 bits per heavy atom. The highest BCUT2D eigenvalue weighted by Crippen LogP contribution is 2.23. The Morgan fingerprint density at radius 3 is 1.68 bits per heavy atom. The van der Waals surface area contributed by atoms with Gasteiger partial charge in [0.25, 0.3) is 0 Å². The van der Waals surface area contributed by atoms with Gasteiger partial charge in [-0.2, -0.15) is 0 Å². The zero-order chi connectivity index (χ0) is 24.3. The topological polar surface area (TPSA) is 18.5 Å². The van der Waals surface area contributed by atoms with Crippen LogP contribution in [-0.2, 0) is 22.5 Å². The first-order valence-electron chi connectivity index (χ1n) is 13.8. The van der Waals surface area contributed by atoms with Gasteiger partial charge >= 0.3 is 0 Å². The summed E-state index contributed by atoms with van der Waals surface area (Å²) in [7, 11) is 0. The van der Waals surface area contributed by atoms with E-state index in [2.05, 4.69) is 75.4 Å². The van der Waals surface area contributed by atoms with Crippen LogP contribution in [0.3, 0.4) is 0 Å². The lowest BCUT2D eigenvalue weighted by Gasteiger charge is -2.26. The lowest BCUT2D eigenvalue weighted by molar-refractivity contribution is -0.0430. The van der Waals surface area contributed by atoms with Gasteiger partial charge in [-0.1, -0.05) is 133 Å². The van der Waals surface area contributed by atoms with Crippen LogP contribution in [0, 0.1) is 5.41 Å². The molecule has 0 aliphatic rings. The maximum Gasteiger partial charge on any atom is 0.0818 e. The van der Waals surface area contributed by atoms with Crippen LogP contribution >= 0.6 is 0 Å². The summed E-state index contributed by atoms with van der Waals surface area (Å²) in [6.45, 7) is 9.05. The third-order valence-corrected chi connectivity index (χ3v) is 6.32. The molecule has 0 aliphatic carbocycles. The van der Waals surface area contributed by atoms with Crippen molar-refractivity contribution in [3.8, 4) is 0 Å². The second-order valence-corrected chi connectivity index (χ2v) is 11.0. The third-order valence-electron chi connectivity index (χ3n) is 6.32. The van der Waals surface area contributed by atoms with Crippen LogP contribution in [0.1, 0.15) is 103 Å². The summed E-state index contributed by atoms with van der Waals surface area (Å²) in [5.74, 6) is 0. The zero-order valence-corrected chi connectivity index (χ0v) is 22.3. The summed E-state index contributed by atoms with van der Waals surface area (Å²) in [6.07, 6.45) is 15.9. The second-order valence-electron chi connectivity index (χ2n) is 11.0. The van der Waals surface area contributed by atoms with E-state index in [-0.39, 0.29) is 11.5 Å². The van der Waals surface area contributed by atoms with E-state index < -0.39 is 0 Å². The first-order chi connectivity index (χ1) is 16.5. The Hall–Kier alpha value is -1.64. The van der Waals surface area contributed by atoms with Gasteiger partial charge in [0.05, 0.1) is 19.3 Å². The van der Waals surface area contributed by atoms with Gasteiger partial charge in [-0.15, -0.1) is 0 Å². The number of rotatable bonds is 19. The number of hydrogen-bond acceptors (Lipinski definition) is 2. The maximum atomic E-state index is 6.21. The summed E-state index contributed by atoms with van der Waals surface area (Å²) in [5.41, 5.74) is 2.96. The fourth-order valence-electron chi connectivity index (χ4n) is 4.44. The molecule has 0 aromatic heterocycles. The molecule has 0 saturated heterocycles. The lowest BCUT2D eigenvalue weighted by Crippen LogP contribution is -2.26. The standard InChI is InChI=1S/C32H50O2/c1-32(2,3)26-31(34-27-30-23-17-13-18-24-30)28-33-25-19-11-9-7-5-4-6-8-10-14-20-29-21-15-12-16-22-29/h12-13,15-18,21-24,31H,4-11,14,19-20,25-28H2,1-3H3. The molecule has 0 amide bonds. The van der Waals surface area contributed by atoms with Crippen molar-refractivity contribution in [3.05, 3.63) is 71.8 Å². The van der Waals surface area contributed by atoms with Crippen LogP contribution < -0.4 is 0 Å². The normalized spacial score (nSPS) is 12.7. The van der Waals surface area contributed by atoms with Crippen molar-refractivity contribution in [1.82, 2.24) is 0 Å². The zero-order valence-electron chi connectivity index (χ0n) is 22.3. The fourth-order valence-corrected chi connectivity index (χ4v) is 4.44. The predicted octanol–water partition coefficient (Wildman–Crippen LogP) is 9.17. The molecule has 2 nitrogen and oxygen atoms in total. The first-order valence-corrected chi connectivity index (χ1v) is 13.8. The summed E-state index contributed by atoms with van der Waals surface area (Å²) in [6, 6.07) is 21.3. The summed E-state index contributed by atoms with van der Waals surface area (Å²) in [4.78, 5) is 0. The van der Waals surface area contributed by atoms with Crippen molar-refractivity contribution in [1.29, 1.82) is 0 Å². The molecule has 2 rings (SSSR count). The van der Waals surface area contributed by atoms with Crippen molar-refractivity contribution in [2.24, 2.45) is 5.41 Å². The molecule has 0 saturated carbocycles. The van der Waals surface area contributed by atoms with Crippen molar-refractivity contribution >= 4 is 0 Å². The summed E-state index contributed by atoms with van der Waals surface area (Å²) < 4.78 is 12.2. The Balaban J connectivity index is 1.41. The minimum atomic E-state index is 0.160. The molecule has 2 aromatic carbocycles. The minimum Gasteiger partial charge on any atom is -0.379 e. The van der Waals surface area contributed by atoms with Crippen LogP contribution in [0.4, 0.5) is 0 Å². The molecule has 2 heteroatoms. The Kier molecular flexibility index (Phi) is 14.9. The maximum absolute atomic E-state index is 6.21. The van der Waals surface area contributed by atoms with E-state index in [1.54, 1.807) is 0 Å². The number of ether oxygens (including phenoxy) is 2. The fraction of sp³-hybridized carbons (Fsp3) is 0.625. The van der Waals surface area contributed by atoms with Crippen molar-refractivity contribution in [2.75, 3.05) is 13.2 Å². The third kappa shape index (κ3) is 15.3. The molecule has 0 spiro atoms. The van der Waals surface area contributed by atoms with Crippen LogP contribution in [0.25, 0.3) is 0 Å². The van der Waals surface area contributed by atoms with Crippen LogP contribution in [0.5, 0.6) is 0 Å². The molecule has 0 heterocycles. The largest absolute Gasteiger partial charge is 0.379 e. The number of benzene rings is 2. The van der Waals surface area contributed by atoms with Gasteiger partial charge in [0.1, 0.15) is 0 Å². The quantitative estimate of drug-likeness (QED) is 0.192. The van der Waals surface area contributed by atoms with Crippen LogP contribution in [0.2, 0.25) is 0 Å². The molecule has 0 radical (unpaired) electrons. The van der Waals surface area contributed by atoms with Gasteiger partial charge in [0, 0.05) is 6.61 Å². The van der Waals surface area contributed by atoms with Gasteiger partial charge in [0.2, 0.25) is 0 Å². The molecule has 0 bridgehead atoms. The first kappa shape index (κ1) is 28.6. The molecular formula is C32H50O2. The van der Waals surface area contributed by atoms with Crippen LogP contribution in [0.15, 0.2) is 60.7 Å². The molecule has 190 valence electrons. The Bertz CT molecular complexity index is 705. The van der Waals surface area contributed by atoms with E-state index in [9.17, 15) is 0 Å². The molecule has 0 N–H and O–H groups in total. The van der Waals surface area contributed by atoms with E-state index in [1.165, 1.54) is 81.8 Å². The predicted molar refractivity (Wildman–Crippen MR) is 146 cm³/mol. The van der Waals surface area contributed by atoms with E-state index in [0.717, 1.165) is 13.0 Å². The SMILES string of the molecule is CC(C)(C)CC(COCCCCCCCCCCCCc1ccccc1)OCc1ccccc1. The molecule has 0 aliphatic heterocycles. The van der Waals surface area contributed by atoms with Gasteiger partial charge in [-0.25, -0.2) is 0 Å². The highest BCUT2D eigenvalue weighted by Gasteiger charge is 2.19. The molecular weight excluding hydrogens is 416 g/mol. The highest BCUT2D eigenvalue weighted by atomic mass is 16.5. The molecule has 0 fully saturated rings. The number of unbranched alkanes of at least 4 members (excludes halogenated alkanes) is 9. The highest BCUT2D eigenvalue weighted by molar-refractivity contribution is 5.14. The lowest BCUT2D eigenvalue weighted by atomic mass is 9.89. The average molecular weight is 467 g/mol. The monoisotopic (exact) mass is 466 g/mol. The van der Waals surface area contributed by atoms with Crippen molar-refractivity contribution in [2.45, 2.75) is 111 Å². The second kappa shape index (κ2) is 17.7. The van der Waals surface area contributed by atoms with Crippen molar-refractivity contribution in [3.63, 3.8) is 0 Å².